The molecule has 0 unspecified atom stereocenters. The van der Waals surface area contributed by atoms with Crippen LogP contribution in [0.3, 0.4) is 0 Å². The van der Waals surface area contributed by atoms with Gasteiger partial charge < -0.3 is 18.9 Å². The van der Waals surface area contributed by atoms with E-state index >= 15 is 0 Å². The molecule has 214 valence electrons. The van der Waals surface area contributed by atoms with Crippen LogP contribution in [0.15, 0.2) is 83.3 Å². The van der Waals surface area contributed by atoms with Crippen molar-refractivity contribution < 1.29 is 28.5 Å². The normalized spacial score (nSPS) is 10.9. The maximum Gasteiger partial charge on any atom is 0.272 e. The van der Waals surface area contributed by atoms with Crippen LogP contribution in [0.1, 0.15) is 31.8 Å². The molecule has 0 bridgehead atoms. The first-order valence-corrected chi connectivity index (χ1v) is 12.5. The lowest BCUT2D eigenvalue weighted by molar-refractivity contribution is 0.0946. The van der Waals surface area contributed by atoms with E-state index < -0.39 is 11.8 Å². The maximum absolute atomic E-state index is 12.5. The van der Waals surface area contributed by atoms with Gasteiger partial charge >= 0.3 is 0 Å². The number of hydrogen-bond acceptors (Lipinski definition) is 10. The van der Waals surface area contributed by atoms with E-state index in [0.29, 0.717) is 56.6 Å². The molecule has 2 aromatic carbocycles. The van der Waals surface area contributed by atoms with Gasteiger partial charge in [0, 0.05) is 35.7 Å². The highest BCUT2D eigenvalue weighted by molar-refractivity contribution is 5.95. The van der Waals surface area contributed by atoms with Gasteiger partial charge in [-0.3, -0.25) is 19.6 Å². The van der Waals surface area contributed by atoms with Gasteiger partial charge in [0.2, 0.25) is 0 Å². The molecule has 0 atom stereocenters. The summed E-state index contributed by atoms with van der Waals surface area (Å²) in [4.78, 5) is 33.6. The quantitative estimate of drug-likeness (QED) is 0.206. The average molecular weight is 569 g/mol. The Kier molecular flexibility index (Phi) is 9.76. The number of rotatable bonds is 11. The van der Waals surface area contributed by atoms with Gasteiger partial charge in [0.1, 0.15) is 23.0 Å². The third kappa shape index (κ3) is 7.66. The zero-order chi connectivity index (χ0) is 29.9. The minimum Gasteiger partial charge on any atom is -0.497 e. The minimum atomic E-state index is -0.437. The molecule has 2 amide bonds. The molecule has 12 heteroatoms. The lowest BCUT2D eigenvalue weighted by atomic mass is 10.2. The molecular formula is C30H28N6O6. The number of benzene rings is 2. The molecule has 0 radical (unpaired) electrons. The van der Waals surface area contributed by atoms with E-state index in [1.165, 1.54) is 24.8 Å². The summed E-state index contributed by atoms with van der Waals surface area (Å²) >= 11 is 0. The molecule has 0 aliphatic rings. The Balaban J connectivity index is 1.34. The van der Waals surface area contributed by atoms with Crippen molar-refractivity contribution in [3.8, 4) is 34.4 Å². The van der Waals surface area contributed by atoms with E-state index in [-0.39, 0.29) is 0 Å². The van der Waals surface area contributed by atoms with Crippen LogP contribution < -0.4 is 29.8 Å². The van der Waals surface area contributed by atoms with Crippen LogP contribution >= 0.6 is 0 Å². The second-order valence-electron chi connectivity index (χ2n) is 8.55. The lowest BCUT2D eigenvalue weighted by Gasteiger charge is -2.06. The second kappa shape index (κ2) is 14.0. The number of nitrogens with one attached hydrogen (secondary N) is 2. The Labute approximate surface area is 242 Å². The van der Waals surface area contributed by atoms with Gasteiger partial charge in [-0.25, -0.2) is 10.9 Å². The predicted octanol–water partition coefficient (Wildman–Crippen LogP) is 3.71. The van der Waals surface area contributed by atoms with E-state index in [1.54, 1.807) is 89.1 Å². The van der Waals surface area contributed by atoms with E-state index in [2.05, 4.69) is 31.0 Å². The number of pyridine rings is 2. The van der Waals surface area contributed by atoms with E-state index in [0.717, 1.165) is 0 Å². The van der Waals surface area contributed by atoms with E-state index in [1.807, 2.05) is 0 Å². The molecule has 2 heterocycles. The lowest BCUT2D eigenvalue weighted by Crippen LogP contribution is -2.18. The van der Waals surface area contributed by atoms with Crippen LogP contribution in [0.5, 0.6) is 23.0 Å². The Hall–Kier alpha value is -5.78. The highest BCUT2D eigenvalue weighted by Crippen LogP contribution is 2.22. The fourth-order valence-electron chi connectivity index (χ4n) is 3.63. The highest BCUT2D eigenvalue weighted by Gasteiger charge is 2.10. The van der Waals surface area contributed by atoms with Gasteiger partial charge in [0.05, 0.1) is 63.4 Å². The minimum absolute atomic E-state index is 0.307. The van der Waals surface area contributed by atoms with E-state index in [4.69, 9.17) is 18.9 Å². The number of hydrogen-bond donors (Lipinski definition) is 2. The third-order valence-corrected chi connectivity index (χ3v) is 5.82. The van der Waals surface area contributed by atoms with Crippen LogP contribution in [0.4, 0.5) is 0 Å². The number of hydrazone groups is 2. The first-order chi connectivity index (χ1) is 20.4. The van der Waals surface area contributed by atoms with Gasteiger partial charge in [-0.05, 0) is 48.5 Å². The second-order valence-corrected chi connectivity index (χ2v) is 8.55. The summed E-state index contributed by atoms with van der Waals surface area (Å²) in [5.41, 5.74) is 7.97. The van der Waals surface area contributed by atoms with Crippen molar-refractivity contribution in [1.82, 2.24) is 20.8 Å². The van der Waals surface area contributed by atoms with Crippen molar-refractivity contribution >= 4 is 24.2 Å². The van der Waals surface area contributed by atoms with Gasteiger partial charge in [0.15, 0.2) is 0 Å². The monoisotopic (exact) mass is 568 g/mol. The standard InChI is InChI=1S/C30H28N6O6/c1-39-23-9-19(10-24(13-23)40-2)15-33-35-29(37)21-5-7-27(31-17-21)28-8-6-22(18-32-28)30(38)36-34-16-20-11-25(41-3)14-26(12-20)42-4/h5-18H,1-4H3,(H,35,37)(H,36,38)/b33-15+,34-16+. The first-order valence-electron chi connectivity index (χ1n) is 12.5. The van der Waals surface area contributed by atoms with Crippen molar-refractivity contribution in [1.29, 1.82) is 0 Å². The number of aromatic nitrogens is 2. The average Bonchev–Trinajstić information content (AvgIpc) is 3.04. The van der Waals surface area contributed by atoms with Crippen molar-refractivity contribution in [2.24, 2.45) is 10.2 Å². The molecule has 0 fully saturated rings. The molecule has 0 aliphatic carbocycles. The predicted molar refractivity (Wildman–Crippen MR) is 157 cm³/mol. The van der Waals surface area contributed by atoms with Crippen molar-refractivity contribution in [3.05, 3.63) is 95.3 Å². The fourth-order valence-corrected chi connectivity index (χ4v) is 3.63. The summed E-state index contributed by atoms with van der Waals surface area (Å²) in [7, 11) is 6.20. The molecule has 0 aliphatic heterocycles. The van der Waals surface area contributed by atoms with Gasteiger partial charge in [-0.2, -0.15) is 10.2 Å². The van der Waals surface area contributed by atoms with Gasteiger partial charge in [-0.1, -0.05) is 0 Å². The Bertz CT molecular complexity index is 1440. The Morgan fingerprint density at radius 1 is 0.595 bits per heavy atom. The molecule has 0 spiro atoms. The molecular weight excluding hydrogens is 540 g/mol. The largest absolute Gasteiger partial charge is 0.497 e. The number of carbonyl (C=O) groups excluding carboxylic acids is 2. The molecule has 2 aromatic heterocycles. The van der Waals surface area contributed by atoms with Crippen LogP contribution in [0, 0.1) is 0 Å². The van der Waals surface area contributed by atoms with E-state index in [9.17, 15) is 9.59 Å². The molecule has 42 heavy (non-hydrogen) atoms. The van der Waals surface area contributed by atoms with Crippen molar-refractivity contribution in [2.45, 2.75) is 0 Å². The summed E-state index contributed by atoms with van der Waals surface area (Å²) < 4.78 is 20.9. The molecule has 12 nitrogen and oxygen atoms in total. The van der Waals surface area contributed by atoms with Crippen LogP contribution in [-0.4, -0.2) is 62.7 Å². The van der Waals surface area contributed by atoms with Crippen LogP contribution in [-0.2, 0) is 0 Å². The third-order valence-electron chi connectivity index (χ3n) is 5.82. The summed E-state index contributed by atoms with van der Waals surface area (Å²) in [5, 5.41) is 7.99. The first kappa shape index (κ1) is 29.2. The van der Waals surface area contributed by atoms with Crippen LogP contribution in [0.2, 0.25) is 0 Å². The zero-order valence-corrected chi connectivity index (χ0v) is 23.3. The summed E-state index contributed by atoms with van der Waals surface area (Å²) in [6, 6.07) is 17.0. The van der Waals surface area contributed by atoms with Crippen molar-refractivity contribution in [2.75, 3.05) is 28.4 Å². The SMILES string of the molecule is COc1cc(/C=N/NC(=O)c2ccc(-c3ccc(C(=O)N/N=C/c4cc(OC)cc(OC)c4)cn3)nc2)cc(OC)c1. The number of carbonyl (C=O) groups is 2. The molecule has 2 N–H and O–H groups in total. The highest BCUT2D eigenvalue weighted by atomic mass is 16.5. The van der Waals surface area contributed by atoms with Crippen molar-refractivity contribution in [3.63, 3.8) is 0 Å². The number of ether oxygens (including phenoxy) is 4. The smallest absolute Gasteiger partial charge is 0.272 e. The number of methoxy groups -OCH3 is 4. The number of amides is 2. The topological polar surface area (TPSA) is 146 Å². The van der Waals surface area contributed by atoms with Gasteiger partial charge in [0.25, 0.3) is 11.8 Å². The fraction of sp³-hybridized carbons (Fsp3) is 0.133. The van der Waals surface area contributed by atoms with Gasteiger partial charge in [-0.15, -0.1) is 0 Å². The Morgan fingerprint density at radius 3 is 1.24 bits per heavy atom. The Morgan fingerprint density at radius 2 is 0.952 bits per heavy atom. The zero-order valence-electron chi connectivity index (χ0n) is 23.3. The number of nitrogens with zero attached hydrogens (tertiary/aromatic N) is 4. The van der Waals surface area contributed by atoms with Crippen LogP contribution in [0.25, 0.3) is 11.4 Å². The molecule has 0 saturated heterocycles. The molecule has 4 rings (SSSR count). The summed E-state index contributed by atoms with van der Waals surface area (Å²) in [5.74, 6) is 1.53. The molecule has 0 saturated carbocycles. The summed E-state index contributed by atoms with van der Waals surface area (Å²) in [6.07, 6.45) is 5.79. The maximum atomic E-state index is 12.5. The summed E-state index contributed by atoms with van der Waals surface area (Å²) in [6.45, 7) is 0. The molecule has 4 aromatic rings.